The number of sulfonamides is 1. The monoisotopic (exact) mass is 547 g/mol. The van der Waals surface area contributed by atoms with Crippen molar-refractivity contribution in [3.8, 4) is 0 Å². The fourth-order valence-electron chi connectivity index (χ4n) is 3.92. The molecule has 3 rings (SSSR count). The molecule has 0 saturated heterocycles. The number of thioether (sulfide) groups is 1. The molecule has 36 heavy (non-hydrogen) atoms. The first kappa shape index (κ1) is 28.2. The summed E-state index contributed by atoms with van der Waals surface area (Å²) in [5.41, 5.74) is -0.304. The van der Waals surface area contributed by atoms with Crippen molar-refractivity contribution in [2.45, 2.75) is 67.9 Å². The number of rotatable bonds is 8. The van der Waals surface area contributed by atoms with Gasteiger partial charge in [-0.15, -0.1) is 11.8 Å². The lowest BCUT2D eigenvalue weighted by molar-refractivity contribution is -0.141. The molecule has 2 aromatic rings. The van der Waals surface area contributed by atoms with Crippen LogP contribution in [-0.4, -0.2) is 37.9 Å². The normalized spacial score (nSPS) is 16.0. The molecule has 1 unspecified atom stereocenters. The van der Waals surface area contributed by atoms with Gasteiger partial charge in [-0.1, -0.05) is 31.4 Å². The van der Waals surface area contributed by atoms with Gasteiger partial charge in [0.25, 0.3) is 0 Å². The molecule has 1 fully saturated rings. The molecule has 1 aromatic carbocycles. The second kappa shape index (κ2) is 11.4. The van der Waals surface area contributed by atoms with Crippen LogP contribution < -0.4 is 9.62 Å². The smallest absolute Gasteiger partial charge is 0.351 e. The molecule has 0 bridgehead atoms. The van der Waals surface area contributed by atoms with Crippen molar-refractivity contribution >= 4 is 33.4 Å². The summed E-state index contributed by atoms with van der Waals surface area (Å²) < 4.78 is 78.5. The van der Waals surface area contributed by atoms with Gasteiger partial charge in [0.15, 0.2) is 0 Å². The Kier molecular flexibility index (Phi) is 8.92. The van der Waals surface area contributed by atoms with Gasteiger partial charge in [-0.2, -0.15) is 13.2 Å². The van der Waals surface area contributed by atoms with E-state index in [0.717, 1.165) is 54.8 Å². The van der Waals surface area contributed by atoms with Crippen LogP contribution >= 0.6 is 11.8 Å². The quantitative estimate of drug-likeness (QED) is 0.443. The molecular formula is C24H29F4N3O3S2. The summed E-state index contributed by atoms with van der Waals surface area (Å²) in [6.07, 6.45) is 1.35. The number of anilines is 1. The van der Waals surface area contributed by atoms with E-state index in [9.17, 15) is 30.8 Å². The molecule has 1 aliphatic rings. The number of aromatic nitrogens is 1. The van der Waals surface area contributed by atoms with Crippen LogP contribution in [0.25, 0.3) is 0 Å². The van der Waals surface area contributed by atoms with Crippen LogP contribution in [0.1, 0.15) is 61.8 Å². The highest BCUT2D eigenvalue weighted by molar-refractivity contribution is 7.99. The summed E-state index contributed by atoms with van der Waals surface area (Å²) in [6, 6.07) is 6.09. The van der Waals surface area contributed by atoms with E-state index in [2.05, 4.69) is 10.3 Å². The Hall–Kier alpha value is -2.34. The van der Waals surface area contributed by atoms with Gasteiger partial charge in [0, 0.05) is 24.4 Å². The number of amides is 1. The molecule has 6 nitrogen and oxygen atoms in total. The van der Waals surface area contributed by atoms with Crippen LogP contribution in [0.2, 0.25) is 0 Å². The Morgan fingerprint density at radius 1 is 1.19 bits per heavy atom. The van der Waals surface area contributed by atoms with E-state index in [0.29, 0.717) is 11.1 Å². The number of hydrogen-bond acceptors (Lipinski definition) is 5. The first-order valence-electron chi connectivity index (χ1n) is 11.5. The number of alkyl halides is 3. The Labute approximate surface area is 212 Å². The number of nitrogens with one attached hydrogen (secondary N) is 1. The van der Waals surface area contributed by atoms with E-state index in [1.54, 1.807) is 6.92 Å². The van der Waals surface area contributed by atoms with Crippen molar-refractivity contribution in [2.24, 2.45) is 0 Å². The zero-order valence-corrected chi connectivity index (χ0v) is 21.9. The summed E-state index contributed by atoms with van der Waals surface area (Å²) in [4.78, 5) is 16.6. The van der Waals surface area contributed by atoms with Gasteiger partial charge in [-0.3, -0.25) is 9.10 Å². The third-order valence-electron chi connectivity index (χ3n) is 6.21. The predicted octanol–water partition coefficient (Wildman–Crippen LogP) is 5.48. The average molecular weight is 548 g/mol. The fourth-order valence-corrected chi connectivity index (χ4v) is 5.75. The van der Waals surface area contributed by atoms with E-state index in [4.69, 9.17) is 0 Å². The van der Waals surface area contributed by atoms with Crippen LogP contribution in [0.15, 0.2) is 35.4 Å². The maximum atomic E-state index is 14.6. The van der Waals surface area contributed by atoms with Crippen LogP contribution in [-0.2, 0) is 27.5 Å². The first-order chi connectivity index (χ1) is 16.8. The summed E-state index contributed by atoms with van der Waals surface area (Å²) in [5, 5.41) is 3.14. The lowest BCUT2D eigenvalue weighted by Crippen LogP contribution is -2.28. The summed E-state index contributed by atoms with van der Waals surface area (Å²) in [7, 11) is -2.43. The maximum Gasteiger partial charge on any atom is 0.433 e. The van der Waals surface area contributed by atoms with Crippen LogP contribution in [0.4, 0.5) is 23.2 Å². The molecule has 0 radical (unpaired) electrons. The second-order valence-corrected chi connectivity index (χ2v) is 12.2. The minimum Gasteiger partial charge on any atom is -0.351 e. The Bertz CT molecular complexity index is 1200. The highest BCUT2D eigenvalue weighted by atomic mass is 32.2. The molecule has 1 amide bonds. The van der Waals surface area contributed by atoms with Gasteiger partial charge in [0.1, 0.15) is 16.5 Å². The Balaban J connectivity index is 1.74. The average Bonchev–Trinajstić information content (AvgIpc) is 2.81. The van der Waals surface area contributed by atoms with Crippen molar-refractivity contribution in [1.29, 1.82) is 0 Å². The lowest BCUT2D eigenvalue weighted by Gasteiger charge is -2.22. The molecule has 198 valence electrons. The van der Waals surface area contributed by atoms with Crippen molar-refractivity contribution in [3.63, 3.8) is 0 Å². The first-order valence-corrected chi connectivity index (χ1v) is 14.2. The minimum absolute atomic E-state index is 0.0270. The molecule has 1 saturated carbocycles. The van der Waals surface area contributed by atoms with Gasteiger partial charge in [-0.25, -0.2) is 17.8 Å². The number of pyridine rings is 1. The number of hydrogen-bond donors (Lipinski definition) is 1. The molecule has 0 spiro atoms. The third kappa shape index (κ3) is 7.12. The van der Waals surface area contributed by atoms with Crippen LogP contribution in [0, 0.1) is 5.82 Å². The second-order valence-electron chi connectivity index (χ2n) is 8.92. The molecule has 1 aromatic heterocycles. The number of halogens is 4. The van der Waals surface area contributed by atoms with E-state index >= 15 is 0 Å². The predicted molar refractivity (Wildman–Crippen MR) is 132 cm³/mol. The standard InChI is InChI=1S/C24H29F4N3O3S2/c1-15(16-9-11-20(19(25)13-16)31(2)36(3,33)34)22(32)29-14-17-10-12-21(24(26,27)28)30-23(17)35-18-7-5-4-6-8-18/h9-13,15,18H,4-8,14H2,1-3H3,(H,29,32). The number of benzene rings is 1. The van der Waals surface area contributed by atoms with E-state index in [1.165, 1.54) is 37.0 Å². The minimum atomic E-state index is -4.57. The van der Waals surface area contributed by atoms with Crippen molar-refractivity contribution < 1.29 is 30.8 Å². The van der Waals surface area contributed by atoms with Crippen molar-refractivity contribution in [1.82, 2.24) is 10.3 Å². The summed E-state index contributed by atoms with van der Waals surface area (Å²) in [6.45, 7) is 1.54. The van der Waals surface area contributed by atoms with Gasteiger partial charge in [0.2, 0.25) is 15.9 Å². The third-order valence-corrected chi connectivity index (χ3v) is 8.79. The van der Waals surface area contributed by atoms with Crippen LogP contribution in [0.5, 0.6) is 0 Å². The van der Waals surface area contributed by atoms with E-state index in [-0.39, 0.29) is 22.5 Å². The molecule has 1 atom stereocenters. The number of carbonyl (C=O) groups excluding carboxylic acids is 1. The maximum absolute atomic E-state index is 14.6. The zero-order chi connectivity index (χ0) is 26.7. The molecule has 0 aliphatic heterocycles. The Morgan fingerprint density at radius 3 is 2.44 bits per heavy atom. The fraction of sp³-hybridized carbons (Fsp3) is 0.500. The number of carbonyl (C=O) groups is 1. The largest absolute Gasteiger partial charge is 0.433 e. The zero-order valence-electron chi connectivity index (χ0n) is 20.2. The lowest BCUT2D eigenvalue weighted by atomic mass is 9.99. The van der Waals surface area contributed by atoms with Gasteiger partial charge >= 0.3 is 6.18 Å². The van der Waals surface area contributed by atoms with Crippen molar-refractivity contribution in [2.75, 3.05) is 17.6 Å². The summed E-state index contributed by atoms with van der Waals surface area (Å²) in [5.74, 6) is -2.03. The Morgan fingerprint density at radius 2 is 1.86 bits per heavy atom. The van der Waals surface area contributed by atoms with E-state index < -0.39 is 39.5 Å². The van der Waals surface area contributed by atoms with Gasteiger partial charge in [-0.05, 0) is 43.5 Å². The highest BCUT2D eigenvalue weighted by Crippen LogP contribution is 2.37. The van der Waals surface area contributed by atoms with Gasteiger partial charge < -0.3 is 5.32 Å². The number of nitrogens with zero attached hydrogens (tertiary/aromatic N) is 2. The van der Waals surface area contributed by atoms with Crippen LogP contribution in [0.3, 0.4) is 0 Å². The van der Waals surface area contributed by atoms with Crippen molar-refractivity contribution in [3.05, 3.63) is 53.0 Å². The summed E-state index contributed by atoms with van der Waals surface area (Å²) >= 11 is 1.32. The molecular weight excluding hydrogens is 518 g/mol. The topological polar surface area (TPSA) is 79.4 Å². The van der Waals surface area contributed by atoms with Gasteiger partial charge in [0.05, 0.1) is 17.9 Å². The van der Waals surface area contributed by atoms with E-state index in [1.807, 2.05) is 0 Å². The highest BCUT2D eigenvalue weighted by Gasteiger charge is 2.33. The SMILES string of the molecule is CC(C(=O)NCc1ccc(C(F)(F)F)nc1SC1CCCCC1)c1ccc(N(C)S(C)(=O)=O)c(F)c1. The molecule has 12 heteroatoms. The molecule has 1 N–H and O–H groups in total. The molecule has 1 aliphatic carbocycles. The molecule has 1 heterocycles.